The number of rotatable bonds is 2. The zero-order valence-electron chi connectivity index (χ0n) is 6.28. The summed E-state index contributed by atoms with van der Waals surface area (Å²) >= 11 is 0. The van der Waals surface area contributed by atoms with Crippen LogP contribution in [0.2, 0.25) is 0 Å². The number of nitrogens with zero attached hydrogens (tertiary/aromatic N) is 3. The van der Waals surface area contributed by atoms with E-state index in [-0.39, 0.29) is 6.04 Å². The molecule has 0 spiro atoms. The molecule has 1 heterocycles. The molecule has 4 nitrogen and oxygen atoms in total. The highest BCUT2D eigenvalue weighted by molar-refractivity contribution is 4.95. The first kappa shape index (κ1) is 7.21. The van der Waals surface area contributed by atoms with Crippen LogP contribution in [0.3, 0.4) is 0 Å². The Balaban J connectivity index is 2.65. The third-order valence-corrected chi connectivity index (χ3v) is 1.34. The fourth-order valence-electron chi connectivity index (χ4n) is 0.826. The van der Waals surface area contributed by atoms with E-state index in [1.807, 2.05) is 14.0 Å². The van der Waals surface area contributed by atoms with Crippen molar-refractivity contribution in [2.75, 3.05) is 0 Å². The van der Waals surface area contributed by atoms with Crippen LogP contribution >= 0.6 is 0 Å². The lowest BCUT2D eigenvalue weighted by atomic mass is 10.2. The lowest BCUT2D eigenvalue weighted by Gasteiger charge is -2.02. The van der Waals surface area contributed by atoms with Gasteiger partial charge in [0.1, 0.15) is 0 Å². The van der Waals surface area contributed by atoms with Gasteiger partial charge in [0.15, 0.2) is 0 Å². The van der Waals surface area contributed by atoms with E-state index in [0.717, 1.165) is 12.1 Å². The second-order valence-electron chi connectivity index (χ2n) is 2.53. The summed E-state index contributed by atoms with van der Waals surface area (Å²) in [6.07, 6.45) is 2.58. The molecule has 0 aliphatic heterocycles. The van der Waals surface area contributed by atoms with Crippen molar-refractivity contribution < 1.29 is 0 Å². The highest BCUT2D eigenvalue weighted by atomic mass is 15.4. The van der Waals surface area contributed by atoms with Gasteiger partial charge in [-0.25, -0.2) is 0 Å². The monoisotopic (exact) mass is 140 g/mol. The molecule has 2 N–H and O–H groups in total. The summed E-state index contributed by atoms with van der Waals surface area (Å²) in [6, 6.07) is 0.178. The van der Waals surface area contributed by atoms with Gasteiger partial charge in [0.2, 0.25) is 0 Å². The molecule has 1 unspecified atom stereocenters. The standard InChI is InChI=1S/C6H12N4/c1-5(7)3-6-4-8-9-10(6)2/h4-5H,3,7H2,1-2H3. The Labute approximate surface area is 60.0 Å². The lowest BCUT2D eigenvalue weighted by Crippen LogP contribution is -2.19. The maximum Gasteiger partial charge on any atom is 0.0725 e. The average molecular weight is 140 g/mol. The molecule has 56 valence electrons. The van der Waals surface area contributed by atoms with Crippen LogP contribution < -0.4 is 5.73 Å². The third-order valence-electron chi connectivity index (χ3n) is 1.34. The highest BCUT2D eigenvalue weighted by Gasteiger charge is 2.01. The summed E-state index contributed by atoms with van der Waals surface area (Å²) in [4.78, 5) is 0. The van der Waals surface area contributed by atoms with Crippen molar-refractivity contribution in [3.05, 3.63) is 11.9 Å². The van der Waals surface area contributed by atoms with Gasteiger partial charge in [-0.3, -0.25) is 4.68 Å². The zero-order chi connectivity index (χ0) is 7.56. The van der Waals surface area contributed by atoms with Crippen LogP contribution in [-0.2, 0) is 13.5 Å². The van der Waals surface area contributed by atoms with E-state index < -0.39 is 0 Å². The highest BCUT2D eigenvalue weighted by Crippen LogP contribution is 1.96. The maximum absolute atomic E-state index is 5.58. The van der Waals surface area contributed by atoms with Gasteiger partial charge in [-0.05, 0) is 6.92 Å². The van der Waals surface area contributed by atoms with Crippen molar-refractivity contribution in [3.8, 4) is 0 Å². The molecule has 0 aromatic carbocycles. The van der Waals surface area contributed by atoms with Crippen LogP contribution in [0.1, 0.15) is 12.6 Å². The van der Waals surface area contributed by atoms with Crippen molar-refractivity contribution in [1.29, 1.82) is 0 Å². The first-order valence-corrected chi connectivity index (χ1v) is 3.29. The van der Waals surface area contributed by atoms with E-state index in [4.69, 9.17) is 5.73 Å². The Morgan fingerprint density at radius 2 is 2.50 bits per heavy atom. The Bertz CT molecular complexity index is 203. The van der Waals surface area contributed by atoms with Gasteiger partial charge in [0.05, 0.1) is 11.9 Å². The molecule has 0 saturated heterocycles. The van der Waals surface area contributed by atoms with Crippen LogP contribution in [0.25, 0.3) is 0 Å². The predicted molar refractivity (Wildman–Crippen MR) is 38.4 cm³/mol. The average Bonchev–Trinajstić information content (AvgIpc) is 2.15. The molecule has 1 atom stereocenters. The molecule has 0 radical (unpaired) electrons. The molecule has 4 heteroatoms. The Morgan fingerprint density at radius 1 is 1.80 bits per heavy atom. The molecule has 0 amide bonds. The predicted octanol–water partition coefficient (Wildman–Crippen LogP) is -0.295. The topological polar surface area (TPSA) is 56.7 Å². The van der Waals surface area contributed by atoms with Gasteiger partial charge in [0.25, 0.3) is 0 Å². The summed E-state index contributed by atoms with van der Waals surface area (Å²) in [7, 11) is 1.87. The summed E-state index contributed by atoms with van der Waals surface area (Å²) < 4.78 is 1.74. The smallest absolute Gasteiger partial charge is 0.0725 e. The quantitative estimate of drug-likeness (QED) is 0.614. The van der Waals surface area contributed by atoms with Crippen LogP contribution in [0.15, 0.2) is 6.20 Å². The number of aromatic nitrogens is 3. The fraction of sp³-hybridized carbons (Fsp3) is 0.667. The molecule has 0 bridgehead atoms. The number of hydrogen-bond donors (Lipinski definition) is 1. The van der Waals surface area contributed by atoms with E-state index >= 15 is 0 Å². The van der Waals surface area contributed by atoms with Crippen LogP contribution in [-0.4, -0.2) is 21.0 Å². The molecule has 0 aliphatic rings. The fourth-order valence-corrected chi connectivity index (χ4v) is 0.826. The van der Waals surface area contributed by atoms with Gasteiger partial charge in [-0.2, -0.15) is 0 Å². The van der Waals surface area contributed by atoms with Crippen molar-refractivity contribution in [2.24, 2.45) is 12.8 Å². The molecule has 1 rings (SSSR count). The van der Waals surface area contributed by atoms with E-state index in [2.05, 4.69) is 10.3 Å². The molecule has 0 fully saturated rings. The maximum atomic E-state index is 5.58. The molecular formula is C6H12N4. The van der Waals surface area contributed by atoms with Gasteiger partial charge >= 0.3 is 0 Å². The van der Waals surface area contributed by atoms with E-state index in [1.165, 1.54) is 0 Å². The molecule has 1 aromatic rings. The minimum absolute atomic E-state index is 0.178. The summed E-state index contributed by atoms with van der Waals surface area (Å²) in [6.45, 7) is 1.97. The van der Waals surface area contributed by atoms with Crippen LogP contribution in [0, 0.1) is 0 Å². The van der Waals surface area contributed by atoms with Crippen LogP contribution in [0.4, 0.5) is 0 Å². The van der Waals surface area contributed by atoms with E-state index in [1.54, 1.807) is 10.9 Å². The van der Waals surface area contributed by atoms with Crippen molar-refractivity contribution in [3.63, 3.8) is 0 Å². The second-order valence-corrected chi connectivity index (χ2v) is 2.53. The normalized spacial score (nSPS) is 13.5. The lowest BCUT2D eigenvalue weighted by molar-refractivity contribution is 0.636. The Kier molecular flexibility index (Phi) is 2.01. The second kappa shape index (κ2) is 2.79. The van der Waals surface area contributed by atoms with Gasteiger partial charge in [0, 0.05) is 19.5 Å². The SMILES string of the molecule is CC(N)Cc1cnnn1C. The molecule has 0 aliphatic carbocycles. The number of hydrogen-bond acceptors (Lipinski definition) is 3. The Morgan fingerprint density at radius 3 is 2.90 bits per heavy atom. The summed E-state index contributed by atoms with van der Waals surface area (Å²) in [5.74, 6) is 0. The van der Waals surface area contributed by atoms with E-state index in [0.29, 0.717) is 0 Å². The van der Waals surface area contributed by atoms with Crippen LogP contribution in [0.5, 0.6) is 0 Å². The van der Waals surface area contributed by atoms with Crippen molar-refractivity contribution in [1.82, 2.24) is 15.0 Å². The van der Waals surface area contributed by atoms with Gasteiger partial charge < -0.3 is 5.73 Å². The molecule has 0 saturated carbocycles. The molecular weight excluding hydrogens is 128 g/mol. The number of aryl methyl sites for hydroxylation is 1. The first-order valence-electron chi connectivity index (χ1n) is 3.29. The zero-order valence-corrected chi connectivity index (χ0v) is 6.28. The minimum atomic E-state index is 0.178. The Hall–Kier alpha value is -0.900. The van der Waals surface area contributed by atoms with Crippen molar-refractivity contribution in [2.45, 2.75) is 19.4 Å². The summed E-state index contributed by atoms with van der Waals surface area (Å²) in [5, 5.41) is 7.51. The van der Waals surface area contributed by atoms with Gasteiger partial charge in [-0.1, -0.05) is 5.21 Å². The first-order chi connectivity index (χ1) is 4.70. The van der Waals surface area contributed by atoms with Gasteiger partial charge in [-0.15, -0.1) is 5.10 Å². The van der Waals surface area contributed by atoms with Crippen molar-refractivity contribution >= 4 is 0 Å². The van der Waals surface area contributed by atoms with E-state index in [9.17, 15) is 0 Å². The number of nitrogens with two attached hydrogens (primary N) is 1. The summed E-state index contributed by atoms with van der Waals surface area (Å²) in [5.41, 5.74) is 6.66. The largest absolute Gasteiger partial charge is 0.328 e. The third kappa shape index (κ3) is 1.54. The molecule has 1 aromatic heterocycles. The minimum Gasteiger partial charge on any atom is -0.328 e. The molecule has 10 heavy (non-hydrogen) atoms.